The Labute approximate surface area is 129 Å². The molecule has 5 heteroatoms. The van der Waals surface area contributed by atoms with Crippen molar-refractivity contribution in [2.75, 3.05) is 6.54 Å². The highest BCUT2D eigenvalue weighted by Gasteiger charge is 2.32. The molecule has 2 atom stereocenters. The molecule has 2 N–H and O–H groups in total. The molecule has 108 valence electrons. The number of rotatable bonds is 4. The molecular weight excluding hydrogens is 295 g/mol. The zero-order valence-corrected chi connectivity index (χ0v) is 12.7. The maximum Gasteiger partial charge on any atom is 0.240 e. The average molecular weight is 313 g/mol. The number of amides is 1. The monoisotopic (exact) mass is 312 g/mol. The Morgan fingerprint density at radius 1 is 1.50 bits per heavy atom. The normalized spacial score (nSPS) is 19.9. The molecule has 20 heavy (non-hydrogen) atoms. The van der Waals surface area contributed by atoms with Crippen LogP contribution in [0.3, 0.4) is 0 Å². The van der Waals surface area contributed by atoms with Crippen molar-refractivity contribution in [3.05, 3.63) is 46.5 Å². The van der Waals surface area contributed by atoms with Crippen molar-refractivity contribution in [3.63, 3.8) is 0 Å². The number of hydrogen-bond acceptors (Lipinski definition) is 2. The number of likely N-dealkylation sites (tertiary alicyclic amines) is 1. The van der Waals surface area contributed by atoms with Crippen LogP contribution in [0.1, 0.15) is 30.9 Å². The third-order valence-electron chi connectivity index (χ3n) is 3.60. The van der Waals surface area contributed by atoms with Crippen LogP contribution in [0.4, 0.5) is 0 Å². The van der Waals surface area contributed by atoms with Crippen LogP contribution in [0.2, 0.25) is 10.0 Å². The van der Waals surface area contributed by atoms with E-state index in [1.807, 2.05) is 17.0 Å². The second kappa shape index (κ2) is 6.61. The molecule has 0 radical (unpaired) electrons. The Balaban J connectivity index is 2.20. The summed E-state index contributed by atoms with van der Waals surface area (Å²) in [6, 6.07) is 5.04. The van der Waals surface area contributed by atoms with Gasteiger partial charge in [0, 0.05) is 6.54 Å². The van der Waals surface area contributed by atoms with Gasteiger partial charge in [0.25, 0.3) is 0 Å². The Morgan fingerprint density at radius 2 is 2.25 bits per heavy atom. The molecule has 1 saturated heterocycles. The van der Waals surface area contributed by atoms with Gasteiger partial charge in [0.1, 0.15) is 0 Å². The molecule has 1 aliphatic heterocycles. The van der Waals surface area contributed by atoms with Gasteiger partial charge >= 0.3 is 0 Å². The van der Waals surface area contributed by atoms with Gasteiger partial charge in [-0.25, -0.2) is 0 Å². The topological polar surface area (TPSA) is 46.3 Å². The van der Waals surface area contributed by atoms with Crippen LogP contribution in [0, 0.1) is 0 Å². The van der Waals surface area contributed by atoms with Gasteiger partial charge in [-0.3, -0.25) is 4.79 Å². The fraction of sp³-hybridized carbons (Fsp3) is 0.400. The van der Waals surface area contributed by atoms with E-state index >= 15 is 0 Å². The van der Waals surface area contributed by atoms with Gasteiger partial charge in [0.05, 0.1) is 22.1 Å². The molecule has 0 saturated carbocycles. The summed E-state index contributed by atoms with van der Waals surface area (Å²) in [5.74, 6) is -0.0292. The first-order chi connectivity index (χ1) is 9.54. The van der Waals surface area contributed by atoms with E-state index in [9.17, 15) is 4.79 Å². The van der Waals surface area contributed by atoms with Gasteiger partial charge in [-0.05, 0) is 37.0 Å². The molecule has 0 aliphatic carbocycles. The number of carbonyl (C=O) groups excluding carboxylic acids is 1. The Kier molecular flexibility index (Phi) is 5.08. The van der Waals surface area contributed by atoms with Crippen molar-refractivity contribution in [2.45, 2.75) is 31.3 Å². The van der Waals surface area contributed by atoms with Crippen molar-refractivity contribution in [2.24, 2.45) is 5.73 Å². The number of hydrogen-bond donors (Lipinski definition) is 1. The molecule has 1 aliphatic rings. The second-order valence-corrected chi connectivity index (χ2v) is 5.81. The summed E-state index contributed by atoms with van der Waals surface area (Å²) in [6.07, 6.45) is 4.05. The lowest BCUT2D eigenvalue weighted by Crippen LogP contribution is -2.43. The van der Waals surface area contributed by atoms with Crippen molar-refractivity contribution < 1.29 is 4.79 Å². The van der Waals surface area contributed by atoms with Gasteiger partial charge in [-0.1, -0.05) is 35.3 Å². The lowest BCUT2D eigenvalue weighted by Gasteiger charge is -2.27. The van der Waals surface area contributed by atoms with E-state index in [-0.39, 0.29) is 11.9 Å². The van der Waals surface area contributed by atoms with Crippen LogP contribution >= 0.6 is 23.2 Å². The number of carbonyl (C=O) groups is 1. The van der Waals surface area contributed by atoms with E-state index < -0.39 is 6.04 Å². The summed E-state index contributed by atoms with van der Waals surface area (Å²) in [7, 11) is 0. The van der Waals surface area contributed by atoms with E-state index in [1.165, 1.54) is 0 Å². The van der Waals surface area contributed by atoms with Crippen LogP contribution in [-0.4, -0.2) is 23.4 Å². The molecule has 1 heterocycles. The minimum Gasteiger partial charge on any atom is -0.334 e. The first kappa shape index (κ1) is 15.4. The molecule has 0 bridgehead atoms. The molecule has 2 rings (SSSR count). The standard InChI is InChI=1S/C15H18Cl2N2O/c1-2-4-13(18)15(20)19-8-3-5-14(19)10-6-7-11(16)12(17)9-10/h2,6-7,9,13-14H,1,3-5,8,18H2. The first-order valence-corrected chi connectivity index (χ1v) is 7.42. The van der Waals surface area contributed by atoms with Crippen LogP contribution in [0.5, 0.6) is 0 Å². The van der Waals surface area contributed by atoms with E-state index in [4.69, 9.17) is 28.9 Å². The zero-order chi connectivity index (χ0) is 14.7. The number of halogens is 2. The molecule has 1 fully saturated rings. The van der Waals surface area contributed by atoms with Gasteiger partial charge in [0.2, 0.25) is 5.91 Å². The number of nitrogens with two attached hydrogens (primary N) is 1. The van der Waals surface area contributed by atoms with Gasteiger partial charge in [-0.15, -0.1) is 6.58 Å². The molecule has 0 spiro atoms. The van der Waals surface area contributed by atoms with Crippen LogP contribution in [0.25, 0.3) is 0 Å². The van der Waals surface area contributed by atoms with Crippen molar-refractivity contribution in [1.29, 1.82) is 0 Å². The van der Waals surface area contributed by atoms with Crippen molar-refractivity contribution >= 4 is 29.1 Å². The quantitative estimate of drug-likeness (QED) is 0.864. The molecule has 1 aromatic rings. The van der Waals surface area contributed by atoms with Gasteiger partial charge in [0.15, 0.2) is 0 Å². The fourth-order valence-corrected chi connectivity index (χ4v) is 2.90. The minimum absolute atomic E-state index is 0.0292. The second-order valence-electron chi connectivity index (χ2n) is 4.99. The third kappa shape index (κ3) is 3.17. The average Bonchev–Trinajstić information content (AvgIpc) is 2.90. The maximum atomic E-state index is 12.4. The van der Waals surface area contributed by atoms with Crippen LogP contribution in [0.15, 0.2) is 30.9 Å². The zero-order valence-electron chi connectivity index (χ0n) is 11.2. The highest BCUT2D eigenvalue weighted by atomic mass is 35.5. The van der Waals surface area contributed by atoms with Crippen LogP contribution < -0.4 is 5.73 Å². The Hall–Kier alpha value is -1.03. The lowest BCUT2D eigenvalue weighted by molar-refractivity contribution is -0.133. The maximum absolute atomic E-state index is 12.4. The summed E-state index contributed by atoms with van der Waals surface area (Å²) in [5.41, 5.74) is 6.90. The molecule has 2 unspecified atom stereocenters. The molecule has 3 nitrogen and oxygen atoms in total. The Bertz CT molecular complexity index is 519. The summed E-state index contributed by atoms with van der Waals surface area (Å²) in [4.78, 5) is 14.2. The predicted octanol–water partition coefficient (Wildman–Crippen LogP) is 3.56. The highest BCUT2D eigenvalue weighted by molar-refractivity contribution is 6.42. The first-order valence-electron chi connectivity index (χ1n) is 6.66. The smallest absolute Gasteiger partial charge is 0.240 e. The van der Waals surface area contributed by atoms with Gasteiger partial charge in [-0.2, -0.15) is 0 Å². The fourth-order valence-electron chi connectivity index (χ4n) is 2.59. The SMILES string of the molecule is C=CCC(N)C(=O)N1CCCC1c1ccc(Cl)c(Cl)c1. The lowest BCUT2D eigenvalue weighted by atomic mass is 10.0. The van der Waals surface area contributed by atoms with Crippen LogP contribution in [-0.2, 0) is 4.79 Å². The number of benzene rings is 1. The molecule has 1 aromatic carbocycles. The summed E-state index contributed by atoms with van der Waals surface area (Å²) in [5, 5.41) is 1.04. The highest BCUT2D eigenvalue weighted by Crippen LogP contribution is 2.35. The molecular formula is C15H18Cl2N2O. The third-order valence-corrected chi connectivity index (χ3v) is 4.34. The Morgan fingerprint density at radius 3 is 2.90 bits per heavy atom. The largest absolute Gasteiger partial charge is 0.334 e. The van der Waals surface area contributed by atoms with E-state index in [0.717, 1.165) is 24.9 Å². The van der Waals surface area contributed by atoms with Crippen molar-refractivity contribution in [1.82, 2.24) is 4.90 Å². The van der Waals surface area contributed by atoms with Gasteiger partial charge < -0.3 is 10.6 Å². The summed E-state index contributed by atoms with van der Waals surface area (Å²) >= 11 is 12.0. The molecule has 0 aromatic heterocycles. The minimum atomic E-state index is -0.518. The molecule has 1 amide bonds. The summed E-state index contributed by atoms with van der Waals surface area (Å²) < 4.78 is 0. The predicted molar refractivity (Wildman–Crippen MR) is 82.9 cm³/mol. The van der Waals surface area contributed by atoms with E-state index in [2.05, 4.69) is 6.58 Å². The van der Waals surface area contributed by atoms with Crippen molar-refractivity contribution in [3.8, 4) is 0 Å². The summed E-state index contributed by atoms with van der Waals surface area (Å²) in [6.45, 7) is 4.36. The van der Waals surface area contributed by atoms with E-state index in [0.29, 0.717) is 16.5 Å². The van der Waals surface area contributed by atoms with E-state index in [1.54, 1.807) is 12.1 Å². The number of nitrogens with zero attached hydrogens (tertiary/aromatic N) is 1.